The number of carbonyl (C=O) groups is 2. The van der Waals surface area contributed by atoms with Crippen LogP contribution in [0.4, 0.5) is 0 Å². The minimum atomic E-state index is -0.568. The van der Waals surface area contributed by atoms with Crippen molar-refractivity contribution in [3.05, 3.63) is 35.4 Å². The van der Waals surface area contributed by atoms with Crippen molar-refractivity contribution in [1.29, 1.82) is 0 Å². The Bertz CT molecular complexity index is 555. The molecule has 0 saturated heterocycles. The van der Waals surface area contributed by atoms with Gasteiger partial charge < -0.3 is 21.7 Å². The van der Waals surface area contributed by atoms with Gasteiger partial charge in [-0.15, -0.1) is 0 Å². The first kappa shape index (κ1) is 19.5. The molecule has 24 heavy (non-hydrogen) atoms. The molecule has 0 radical (unpaired) electrons. The monoisotopic (exact) mass is 333 g/mol. The maximum absolute atomic E-state index is 11.8. The van der Waals surface area contributed by atoms with E-state index in [0.717, 1.165) is 24.5 Å². The summed E-state index contributed by atoms with van der Waals surface area (Å²) in [5.41, 5.74) is 6.51. The van der Waals surface area contributed by atoms with Crippen molar-refractivity contribution in [3.63, 3.8) is 0 Å². The van der Waals surface area contributed by atoms with Crippen molar-refractivity contribution >= 4 is 17.8 Å². The second kappa shape index (κ2) is 11.0. The van der Waals surface area contributed by atoms with Crippen LogP contribution < -0.4 is 21.7 Å². The highest BCUT2D eigenvalue weighted by atomic mass is 16.2. The van der Waals surface area contributed by atoms with Gasteiger partial charge in [-0.1, -0.05) is 31.9 Å². The van der Waals surface area contributed by atoms with Crippen LogP contribution in [0.1, 0.15) is 42.1 Å². The Morgan fingerprint density at radius 1 is 1.08 bits per heavy atom. The van der Waals surface area contributed by atoms with Gasteiger partial charge in [-0.2, -0.15) is 0 Å². The van der Waals surface area contributed by atoms with Crippen molar-refractivity contribution in [2.45, 2.75) is 32.7 Å². The highest BCUT2D eigenvalue weighted by Gasteiger charge is 2.06. The van der Waals surface area contributed by atoms with E-state index in [-0.39, 0.29) is 12.5 Å². The number of nitrogens with one attached hydrogen (secondary N) is 3. The minimum absolute atomic E-state index is 0.165. The average Bonchev–Trinajstić information content (AvgIpc) is 2.59. The predicted molar refractivity (Wildman–Crippen MR) is 95.7 cm³/mol. The van der Waals surface area contributed by atoms with E-state index in [1.54, 1.807) is 19.2 Å². The number of nitrogens with two attached hydrogens (primary N) is 1. The number of guanidine groups is 1. The molecule has 2 amide bonds. The Hall–Kier alpha value is -2.57. The molecule has 0 bridgehead atoms. The van der Waals surface area contributed by atoms with Gasteiger partial charge in [0.05, 0.1) is 6.54 Å². The first-order chi connectivity index (χ1) is 11.6. The summed E-state index contributed by atoms with van der Waals surface area (Å²) in [7, 11) is 1.74. The van der Waals surface area contributed by atoms with Gasteiger partial charge in [-0.25, -0.2) is 0 Å². The van der Waals surface area contributed by atoms with Crippen molar-refractivity contribution in [2.75, 3.05) is 20.1 Å². The first-order valence-electron chi connectivity index (χ1n) is 8.16. The van der Waals surface area contributed by atoms with Crippen LogP contribution in [0.25, 0.3) is 0 Å². The first-order valence-corrected chi connectivity index (χ1v) is 8.16. The van der Waals surface area contributed by atoms with E-state index in [1.807, 2.05) is 12.1 Å². The molecule has 1 aromatic carbocycles. The summed E-state index contributed by atoms with van der Waals surface area (Å²) in [5.74, 6) is -0.127. The fourth-order valence-electron chi connectivity index (χ4n) is 2.03. The van der Waals surface area contributed by atoms with Crippen LogP contribution >= 0.6 is 0 Å². The molecule has 0 heterocycles. The van der Waals surface area contributed by atoms with E-state index < -0.39 is 5.91 Å². The Balaban J connectivity index is 2.43. The number of aliphatic imine (C=N–C) groups is 1. The SMILES string of the molecule is CCCCCNC(=NC)NCc1ccc(C(=O)NCC(N)=O)cc1. The zero-order chi connectivity index (χ0) is 17.8. The molecule has 0 saturated carbocycles. The van der Waals surface area contributed by atoms with Crippen LogP contribution in [0.15, 0.2) is 29.3 Å². The summed E-state index contributed by atoms with van der Waals surface area (Å²) in [4.78, 5) is 26.6. The molecule has 0 fully saturated rings. The fourth-order valence-corrected chi connectivity index (χ4v) is 2.03. The van der Waals surface area contributed by atoms with Crippen molar-refractivity contribution < 1.29 is 9.59 Å². The van der Waals surface area contributed by atoms with E-state index in [2.05, 4.69) is 27.9 Å². The standard InChI is InChI=1S/C17H27N5O2/c1-3-4-5-10-20-17(19-2)22-11-13-6-8-14(9-7-13)16(24)21-12-15(18)23/h6-9H,3-5,10-12H2,1-2H3,(H2,18,23)(H,21,24)(H2,19,20,22). The van der Waals surface area contributed by atoms with Gasteiger partial charge in [0.1, 0.15) is 0 Å². The van der Waals surface area contributed by atoms with Gasteiger partial charge in [0.2, 0.25) is 5.91 Å². The molecule has 1 aromatic rings. The molecule has 0 aromatic heterocycles. The molecule has 5 N–H and O–H groups in total. The molecule has 7 heteroatoms. The van der Waals surface area contributed by atoms with Crippen LogP contribution in [-0.4, -0.2) is 37.9 Å². The molecular formula is C17H27N5O2. The van der Waals surface area contributed by atoms with Gasteiger partial charge in [0, 0.05) is 25.7 Å². The topological polar surface area (TPSA) is 109 Å². The Morgan fingerprint density at radius 3 is 2.38 bits per heavy atom. The third-order valence-electron chi connectivity index (χ3n) is 3.40. The molecule has 132 valence electrons. The number of hydrogen-bond acceptors (Lipinski definition) is 3. The van der Waals surface area contributed by atoms with Crippen molar-refractivity contribution in [2.24, 2.45) is 10.7 Å². The number of benzene rings is 1. The van der Waals surface area contributed by atoms with E-state index >= 15 is 0 Å². The average molecular weight is 333 g/mol. The second-order valence-corrected chi connectivity index (χ2v) is 5.41. The Morgan fingerprint density at radius 2 is 1.79 bits per heavy atom. The molecule has 0 aliphatic carbocycles. The summed E-state index contributed by atoms with van der Waals surface area (Å²) >= 11 is 0. The van der Waals surface area contributed by atoms with E-state index in [0.29, 0.717) is 12.1 Å². The third kappa shape index (κ3) is 7.62. The third-order valence-corrected chi connectivity index (χ3v) is 3.40. The lowest BCUT2D eigenvalue weighted by Gasteiger charge is -2.12. The summed E-state index contributed by atoms with van der Waals surface area (Å²) in [6, 6.07) is 7.14. The summed E-state index contributed by atoms with van der Waals surface area (Å²) in [6.45, 7) is 3.51. The van der Waals surface area contributed by atoms with E-state index in [9.17, 15) is 9.59 Å². The molecule has 1 rings (SSSR count). The summed E-state index contributed by atoms with van der Waals surface area (Å²) in [6.07, 6.45) is 3.50. The van der Waals surface area contributed by atoms with Crippen LogP contribution in [0.2, 0.25) is 0 Å². The summed E-state index contributed by atoms with van der Waals surface area (Å²) in [5, 5.41) is 8.94. The number of amides is 2. The van der Waals surface area contributed by atoms with Gasteiger partial charge >= 0.3 is 0 Å². The van der Waals surface area contributed by atoms with Crippen LogP contribution in [0.5, 0.6) is 0 Å². The van der Waals surface area contributed by atoms with Crippen LogP contribution in [-0.2, 0) is 11.3 Å². The summed E-state index contributed by atoms with van der Waals surface area (Å²) < 4.78 is 0. The van der Waals surface area contributed by atoms with Crippen molar-refractivity contribution in [3.8, 4) is 0 Å². The van der Waals surface area contributed by atoms with Crippen LogP contribution in [0, 0.1) is 0 Å². The molecule has 7 nitrogen and oxygen atoms in total. The van der Waals surface area contributed by atoms with E-state index in [1.165, 1.54) is 12.8 Å². The Labute approximate surface area is 143 Å². The molecule has 0 unspecified atom stereocenters. The zero-order valence-electron chi connectivity index (χ0n) is 14.4. The lowest BCUT2D eigenvalue weighted by atomic mass is 10.1. The maximum Gasteiger partial charge on any atom is 0.251 e. The molecule has 0 aliphatic rings. The molecular weight excluding hydrogens is 306 g/mol. The van der Waals surface area contributed by atoms with E-state index in [4.69, 9.17) is 5.73 Å². The normalized spacial score (nSPS) is 11.0. The van der Waals surface area contributed by atoms with Gasteiger partial charge in [-0.3, -0.25) is 14.6 Å². The maximum atomic E-state index is 11.8. The molecule has 0 spiro atoms. The lowest BCUT2D eigenvalue weighted by Crippen LogP contribution is -2.37. The van der Waals surface area contributed by atoms with Gasteiger partial charge in [0.25, 0.3) is 5.91 Å². The number of carbonyl (C=O) groups excluding carboxylic acids is 2. The van der Waals surface area contributed by atoms with Gasteiger partial charge in [0.15, 0.2) is 5.96 Å². The number of nitrogens with zero attached hydrogens (tertiary/aromatic N) is 1. The lowest BCUT2D eigenvalue weighted by molar-refractivity contribution is -0.117. The second-order valence-electron chi connectivity index (χ2n) is 5.41. The van der Waals surface area contributed by atoms with Gasteiger partial charge in [-0.05, 0) is 24.1 Å². The zero-order valence-corrected chi connectivity index (χ0v) is 14.4. The smallest absolute Gasteiger partial charge is 0.251 e. The fraction of sp³-hybridized carbons (Fsp3) is 0.471. The quantitative estimate of drug-likeness (QED) is 0.304. The number of hydrogen-bond donors (Lipinski definition) is 4. The van der Waals surface area contributed by atoms with Crippen molar-refractivity contribution in [1.82, 2.24) is 16.0 Å². The predicted octanol–water partition coefficient (Wildman–Crippen LogP) is 0.757. The number of rotatable bonds is 9. The highest BCUT2D eigenvalue weighted by molar-refractivity contribution is 5.96. The number of primary amides is 1. The van der Waals surface area contributed by atoms with Crippen LogP contribution in [0.3, 0.4) is 0 Å². The minimum Gasteiger partial charge on any atom is -0.368 e. The molecule has 0 atom stereocenters. The molecule has 0 aliphatic heterocycles. The Kier molecular flexibility index (Phi) is 8.96. The number of unbranched alkanes of at least 4 members (excludes halogenated alkanes) is 2. The highest BCUT2D eigenvalue weighted by Crippen LogP contribution is 2.04. The largest absolute Gasteiger partial charge is 0.368 e.